The third-order valence-electron chi connectivity index (χ3n) is 11.2. The highest BCUT2D eigenvalue weighted by Gasteiger charge is 2.59. The number of aromatic amines is 2. The fraction of sp³-hybridized carbons (Fsp3) is 0.250. The van der Waals surface area contributed by atoms with E-state index in [0.29, 0.717) is 31.2 Å². The fourth-order valence-corrected chi connectivity index (χ4v) is 7.40. The van der Waals surface area contributed by atoms with Gasteiger partial charge in [0.25, 0.3) is 0 Å². The molecule has 0 aliphatic rings. The van der Waals surface area contributed by atoms with Crippen LogP contribution in [0.2, 0.25) is 0 Å². The summed E-state index contributed by atoms with van der Waals surface area (Å²) in [7, 11) is 0. The van der Waals surface area contributed by atoms with Crippen LogP contribution in [0.5, 0.6) is 11.5 Å². The summed E-state index contributed by atoms with van der Waals surface area (Å²) in [6.07, 6.45) is -9.63. The summed E-state index contributed by atoms with van der Waals surface area (Å²) >= 11 is 0. The minimum absolute atomic E-state index is 0.0171. The molecule has 0 saturated carbocycles. The monoisotopic (exact) mass is 978 g/mol. The lowest BCUT2D eigenvalue weighted by Gasteiger charge is -2.19. The SMILES string of the molecule is CC(=O)c1ccccc1-c1ccc2nc(CCc3ccc(OCC(F)(F)C(F)(F)F)cc3)[nH]c2c1.CC(O)c1ccccc1-c1ccc2nc(CCc3ccc(OCC(F)(F)C(F)(F)F)cc3)[nH]c2c1. The molecular weight excluding hydrogens is 935 g/mol. The van der Waals surface area contributed by atoms with Crippen LogP contribution < -0.4 is 9.47 Å². The summed E-state index contributed by atoms with van der Waals surface area (Å²) in [6, 6.07) is 38.5. The number of carbonyl (C=O) groups is 1. The normalized spacial score (nSPS) is 12.7. The van der Waals surface area contributed by atoms with Crippen LogP contribution in [0.4, 0.5) is 43.9 Å². The van der Waals surface area contributed by atoms with Crippen molar-refractivity contribution >= 4 is 27.9 Å². The van der Waals surface area contributed by atoms with Gasteiger partial charge in [-0.25, -0.2) is 9.97 Å². The van der Waals surface area contributed by atoms with Crippen LogP contribution >= 0.6 is 0 Å². The number of alkyl halides is 10. The van der Waals surface area contributed by atoms with E-state index in [4.69, 9.17) is 0 Å². The minimum atomic E-state index is -5.66. The maximum Gasteiger partial charge on any atom is 0.456 e. The molecule has 0 aliphatic carbocycles. The summed E-state index contributed by atoms with van der Waals surface area (Å²) < 4.78 is 135. The number of aryl methyl sites for hydroxylation is 4. The number of imidazole rings is 2. The Balaban J connectivity index is 0.000000206. The van der Waals surface area contributed by atoms with Crippen LogP contribution in [0.25, 0.3) is 44.3 Å². The van der Waals surface area contributed by atoms with Crippen molar-refractivity contribution < 1.29 is 63.3 Å². The van der Waals surface area contributed by atoms with Gasteiger partial charge in [0.2, 0.25) is 0 Å². The Bertz CT molecular complexity index is 3050. The second-order valence-electron chi connectivity index (χ2n) is 16.5. The fourth-order valence-electron chi connectivity index (χ4n) is 7.40. The number of rotatable bonds is 16. The number of aliphatic hydroxyl groups is 1. The van der Waals surface area contributed by atoms with Gasteiger partial charge in [-0.1, -0.05) is 84.9 Å². The molecule has 1 unspecified atom stereocenters. The molecule has 8 rings (SSSR count). The van der Waals surface area contributed by atoms with Gasteiger partial charge in [0.15, 0.2) is 19.0 Å². The number of benzene rings is 6. The number of fused-ring (bicyclic) bond motifs is 2. The minimum Gasteiger partial charge on any atom is -0.487 e. The maximum atomic E-state index is 13.0. The number of aromatic nitrogens is 4. The van der Waals surface area contributed by atoms with E-state index in [2.05, 4.69) is 29.4 Å². The Morgan fingerprint density at radius 3 is 1.40 bits per heavy atom. The summed E-state index contributed by atoms with van der Waals surface area (Å²) in [4.78, 5) is 27.7. The summed E-state index contributed by atoms with van der Waals surface area (Å²) in [5, 5.41) is 10.1. The number of aliphatic hydroxyl groups excluding tert-OH is 1. The quantitative estimate of drug-likeness (QED) is 0.0657. The molecule has 70 heavy (non-hydrogen) atoms. The van der Waals surface area contributed by atoms with Crippen LogP contribution in [-0.2, 0) is 25.7 Å². The standard InChI is InChI=1S/C26H23F5N2O2.C26H21F5N2O2/c2*1-16(34)20-4-2-3-5-21(20)18-9-12-22-23(14-18)33-24(32-22)13-8-17-6-10-19(11-7-17)35-15-25(27,28)26(29,30)31/h2-7,9-12,14,16,34H,8,13,15H2,1H3,(H,32,33);2-7,9-12,14H,8,13,15H2,1H3,(H,32,33). The van der Waals surface area contributed by atoms with Crippen LogP contribution in [-0.4, -0.2) is 68.2 Å². The van der Waals surface area contributed by atoms with Crippen molar-refractivity contribution in [1.82, 2.24) is 19.9 Å². The van der Waals surface area contributed by atoms with E-state index < -0.39 is 43.5 Å². The van der Waals surface area contributed by atoms with E-state index in [1.807, 2.05) is 78.9 Å². The number of nitrogens with one attached hydrogen (secondary N) is 2. The molecule has 0 saturated heterocycles. The molecule has 2 heterocycles. The van der Waals surface area contributed by atoms with Gasteiger partial charge in [-0.3, -0.25) is 4.79 Å². The van der Waals surface area contributed by atoms with Gasteiger partial charge < -0.3 is 24.5 Å². The molecule has 6 aromatic carbocycles. The van der Waals surface area contributed by atoms with Crippen molar-refractivity contribution in [3.8, 4) is 33.8 Å². The first-order valence-corrected chi connectivity index (χ1v) is 21.7. The van der Waals surface area contributed by atoms with E-state index >= 15 is 0 Å². The summed E-state index contributed by atoms with van der Waals surface area (Å²) in [6.45, 7) is -0.281. The average Bonchev–Trinajstić information content (AvgIpc) is 3.94. The number of nitrogens with zero attached hydrogens (tertiary/aromatic N) is 2. The van der Waals surface area contributed by atoms with Gasteiger partial charge in [-0.15, -0.1) is 0 Å². The molecule has 0 spiro atoms. The Morgan fingerprint density at radius 2 is 0.971 bits per heavy atom. The predicted molar refractivity (Wildman–Crippen MR) is 244 cm³/mol. The molecule has 8 aromatic rings. The van der Waals surface area contributed by atoms with Crippen molar-refractivity contribution in [2.45, 2.75) is 69.8 Å². The van der Waals surface area contributed by atoms with Crippen molar-refractivity contribution in [2.75, 3.05) is 13.2 Å². The molecule has 0 amide bonds. The highest BCUT2D eigenvalue weighted by Crippen LogP contribution is 2.37. The second kappa shape index (κ2) is 20.8. The Labute approximate surface area is 394 Å². The molecule has 8 nitrogen and oxygen atoms in total. The van der Waals surface area contributed by atoms with Crippen LogP contribution in [0.1, 0.15) is 58.6 Å². The molecule has 0 fully saturated rings. The number of ether oxygens (including phenoxy) is 2. The lowest BCUT2D eigenvalue weighted by molar-refractivity contribution is -0.290. The molecule has 1 atom stereocenters. The van der Waals surface area contributed by atoms with Gasteiger partial charge in [-0.05, 0) is 114 Å². The zero-order valence-electron chi connectivity index (χ0n) is 37.4. The Hall–Kier alpha value is -7.21. The third-order valence-corrected chi connectivity index (χ3v) is 11.2. The molecule has 3 N–H and O–H groups in total. The van der Waals surface area contributed by atoms with Crippen molar-refractivity contribution in [3.05, 3.63) is 167 Å². The first-order chi connectivity index (χ1) is 33.1. The van der Waals surface area contributed by atoms with Crippen LogP contribution in [0.3, 0.4) is 0 Å². The predicted octanol–water partition coefficient (Wildman–Crippen LogP) is 13.4. The number of H-pyrrole nitrogens is 2. The number of hydrogen-bond acceptors (Lipinski definition) is 6. The van der Waals surface area contributed by atoms with E-state index in [0.717, 1.165) is 72.7 Å². The molecule has 2 aromatic heterocycles. The van der Waals surface area contributed by atoms with Crippen molar-refractivity contribution in [2.24, 2.45) is 0 Å². The molecule has 0 aliphatic heterocycles. The molecule has 0 bridgehead atoms. The highest BCUT2D eigenvalue weighted by atomic mass is 19.4. The van der Waals surface area contributed by atoms with Crippen LogP contribution in [0, 0.1) is 0 Å². The van der Waals surface area contributed by atoms with Gasteiger partial charge in [0, 0.05) is 18.4 Å². The van der Waals surface area contributed by atoms with E-state index in [1.54, 1.807) is 37.3 Å². The van der Waals surface area contributed by atoms with Gasteiger partial charge >= 0.3 is 24.2 Å². The first-order valence-electron chi connectivity index (χ1n) is 21.7. The largest absolute Gasteiger partial charge is 0.487 e. The zero-order chi connectivity index (χ0) is 50.4. The molecule has 18 heteroatoms. The zero-order valence-corrected chi connectivity index (χ0v) is 37.4. The van der Waals surface area contributed by atoms with Gasteiger partial charge in [0.1, 0.15) is 23.1 Å². The highest BCUT2D eigenvalue weighted by molar-refractivity contribution is 6.01. The third kappa shape index (κ3) is 12.3. The van der Waals surface area contributed by atoms with Gasteiger partial charge in [-0.2, -0.15) is 43.9 Å². The average molecular weight is 979 g/mol. The number of ketones is 1. The molecule has 366 valence electrons. The summed E-state index contributed by atoms with van der Waals surface area (Å²) in [5.74, 6) is -8.48. The second-order valence-corrected chi connectivity index (χ2v) is 16.5. The van der Waals surface area contributed by atoms with E-state index in [1.165, 1.54) is 31.2 Å². The Kier molecular flexibility index (Phi) is 15.0. The lowest BCUT2D eigenvalue weighted by atomic mass is 9.96. The number of carbonyl (C=O) groups excluding carboxylic acids is 1. The molecule has 0 radical (unpaired) electrons. The number of halogens is 10. The van der Waals surface area contributed by atoms with Crippen LogP contribution in [0.15, 0.2) is 133 Å². The smallest absolute Gasteiger partial charge is 0.456 e. The molecular formula is C52H44F10N4O4. The van der Waals surface area contributed by atoms with Crippen molar-refractivity contribution in [3.63, 3.8) is 0 Å². The number of Topliss-reactive ketones (excluding diaryl/α,β-unsaturated/α-hetero) is 1. The lowest BCUT2D eigenvalue weighted by Crippen LogP contribution is -2.41. The van der Waals surface area contributed by atoms with Crippen molar-refractivity contribution in [1.29, 1.82) is 0 Å². The Morgan fingerprint density at radius 1 is 0.557 bits per heavy atom. The first kappa shape index (κ1) is 50.7. The maximum absolute atomic E-state index is 13.0. The van der Waals surface area contributed by atoms with Gasteiger partial charge in [0.05, 0.1) is 28.2 Å². The van der Waals surface area contributed by atoms with E-state index in [-0.39, 0.29) is 17.3 Å². The summed E-state index contributed by atoms with van der Waals surface area (Å²) in [5.41, 5.74) is 10.1. The van der Waals surface area contributed by atoms with E-state index in [9.17, 15) is 53.8 Å². The topological polar surface area (TPSA) is 113 Å². The number of hydrogen-bond donors (Lipinski definition) is 3.